The molecule has 0 atom stereocenters. The van der Waals surface area contributed by atoms with Gasteiger partial charge in [-0.3, -0.25) is 9.69 Å². The van der Waals surface area contributed by atoms with Crippen LogP contribution in [0, 0.1) is 6.92 Å². The number of aryl methyl sites for hydroxylation is 2. The van der Waals surface area contributed by atoms with E-state index in [0.717, 1.165) is 44.2 Å². The van der Waals surface area contributed by atoms with E-state index in [2.05, 4.69) is 31.5 Å². The first-order valence-electron chi connectivity index (χ1n) is 7.52. The molecule has 7 heteroatoms. The van der Waals surface area contributed by atoms with E-state index in [1.807, 2.05) is 13.1 Å². The van der Waals surface area contributed by atoms with Crippen LogP contribution in [0.15, 0.2) is 23.3 Å². The summed E-state index contributed by atoms with van der Waals surface area (Å²) in [5.74, 6) is 1.04. The third-order valence-corrected chi connectivity index (χ3v) is 4.39. The molecule has 22 heavy (non-hydrogen) atoms. The molecule has 3 rings (SSSR count). The van der Waals surface area contributed by atoms with Crippen LogP contribution < -0.4 is 10.5 Å². The van der Waals surface area contributed by atoms with Crippen molar-refractivity contribution in [3.63, 3.8) is 0 Å². The number of aromatic nitrogens is 4. The fraction of sp³-hybridized carbons (Fsp3) is 0.533. The van der Waals surface area contributed by atoms with E-state index in [1.165, 1.54) is 10.4 Å². The highest BCUT2D eigenvalue weighted by molar-refractivity contribution is 5.43. The van der Waals surface area contributed by atoms with E-state index in [9.17, 15) is 4.79 Å². The van der Waals surface area contributed by atoms with Gasteiger partial charge in [-0.15, -0.1) is 0 Å². The predicted octanol–water partition coefficient (Wildman–Crippen LogP) is 0.144. The van der Waals surface area contributed by atoms with E-state index in [1.54, 1.807) is 19.3 Å². The fourth-order valence-corrected chi connectivity index (χ4v) is 2.72. The van der Waals surface area contributed by atoms with Gasteiger partial charge in [0, 0.05) is 59.1 Å². The molecule has 0 spiro atoms. The fourth-order valence-electron chi connectivity index (χ4n) is 2.72. The van der Waals surface area contributed by atoms with Crippen LogP contribution in [0.2, 0.25) is 0 Å². The summed E-state index contributed by atoms with van der Waals surface area (Å²) in [5, 5.41) is 4.09. The predicted molar refractivity (Wildman–Crippen MR) is 84.9 cm³/mol. The van der Waals surface area contributed by atoms with E-state index in [4.69, 9.17) is 0 Å². The average Bonchev–Trinajstić information content (AvgIpc) is 2.83. The summed E-state index contributed by atoms with van der Waals surface area (Å²) in [6.07, 6.45) is 3.72. The minimum Gasteiger partial charge on any atom is -0.368 e. The molecule has 2 aromatic rings. The third kappa shape index (κ3) is 2.89. The van der Waals surface area contributed by atoms with Crippen molar-refractivity contribution < 1.29 is 0 Å². The number of imidazole rings is 1. The summed E-state index contributed by atoms with van der Waals surface area (Å²) in [6, 6.07) is 1.66. The zero-order valence-electron chi connectivity index (χ0n) is 13.4. The van der Waals surface area contributed by atoms with Crippen LogP contribution in [0.4, 0.5) is 5.69 Å². The van der Waals surface area contributed by atoms with Crippen molar-refractivity contribution in [3.8, 4) is 0 Å². The van der Waals surface area contributed by atoms with Crippen molar-refractivity contribution in [2.24, 2.45) is 14.1 Å². The maximum atomic E-state index is 11.7. The molecule has 0 amide bonds. The van der Waals surface area contributed by atoms with Crippen LogP contribution in [0.3, 0.4) is 0 Å². The van der Waals surface area contributed by atoms with Gasteiger partial charge in [0.05, 0.1) is 17.6 Å². The lowest BCUT2D eigenvalue weighted by molar-refractivity contribution is 0.244. The molecular formula is C15H22N6O. The summed E-state index contributed by atoms with van der Waals surface area (Å²) in [7, 11) is 3.72. The van der Waals surface area contributed by atoms with Crippen LogP contribution in [0.1, 0.15) is 11.5 Å². The molecule has 2 aromatic heterocycles. The SMILES string of the molecule is Cc1ncc(CN2CCN(c3cnn(C)c(=O)c3)CC2)n1C. The first-order valence-corrected chi connectivity index (χ1v) is 7.52. The van der Waals surface area contributed by atoms with Crippen molar-refractivity contribution in [1.29, 1.82) is 0 Å². The Morgan fingerprint density at radius 3 is 2.45 bits per heavy atom. The highest BCUT2D eigenvalue weighted by atomic mass is 16.1. The lowest BCUT2D eigenvalue weighted by atomic mass is 10.2. The molecule has 3 heterocycles. The summed E-state index contributed by atoms with van der Waals surface area (Å²) in [4.78, 5) is 20.7. The van der Waals surface area contributed by atoms with Crippen molar-refractivity contribution >= 4 is 5.69 Å². The van der Waals surface area contributed by atoms with Crippen LogP contribution in [0.25, 0.3) is 0 Å². The minimum absolute atomic E-state index is 0.0645. The Morgan fingerprint density at radius 2 is 1.86 bits per heavy atom. The zero-order valence-corrected chi connectivity index (χ0v) is 13.4. The first kappa shape index (κ1) is 14.8. The molecule has 7 nitrogen and oxygen atoms in total. The summed E-state index contributed by atoms with van der Waals surface area (Å²) < 4.78 is 3.49. The number of rotatable bonds is 3. The summed E-state index contributed by atoms with van der Waals surface area (Å²) in [6.45, 7) is 6.70. The highest BCUT2D eigenvalue weighted by Crippen LogP contribution is 2.14. The van der Waals surface area contributed by atoms with Gasteiger partial charge in [-0.2, -0.15) is 5.10 Å². The molecule has 0 aliphatic carbocycles. The molecule has 1 fully saturated rings. The molecule has 0 radical (unpaired) electrons. The normalized spacial score (nSPS) is 16.2. The number of hydrogen-bond acceptors (Lipinski definition) is 5. The quantitative estimate of drug-likeness (QED) is 0.807. The van der Waals surface area contributed by atoms with Gasteiger partial charge in [-0.05, 0) is 6.92 Å². The molecule has 0 saturated carbocycles. The van der Waals surface area contributed by atoms with Gasteiger partial charge in [0.2, 0.25) is 0 Å². The molecule has 0 bridgehead atoms. The third-order valence-electron chi connectivity index (χ3n) is 4.39. The van der Waals surface area contributed by atoms with E-state index in [0.29, 0.717) is 0 Å². The molecule has 1 aliphatic heterocycles. The zero-order chi connectivity index (χ0) is 15.7. The molecule has 118 valence electrons. The summed E-state index contributed by atoms with van der Waals surface area (Å²) in [5.41, 5.74) is 2.09. The van der Waals surface area contributed by atoms with Crippen LogP contribution in [-0.2, 0) is 20.6 Å². The largest absolute Gasteiger partial charge is 0.368 e. The number of anilines is 1. The molecule has 1 saturated heterocycles. The molecule has 1 aliphatic rings. The van der Waals surface area contributed by atoms with Gasteiger partial charge in [-0.25, -0.2) is 9.67 Å². The van der Waals surface area contributed by atoms with E-state index in [-0.39, 0.29) is 5.56 Å². The van der Waals surface area contributed by atoms with Crippen LogP contribution in [-0.4, -0.2) is 50.4 Å². The van der Waals surface area contributed by atoms with E-state index < -0.39 is 0 Å². The van der Waals surface area contributed by atoms with Crippen molar-refractivity contribution in [1.82, 2.24) is 24.2 Å². The first-order chi connectivity index (χ1) is 10.5. The standard InChI is InChI=1S/C15H22N6O/c1-12-16-9-14(18(12)2)11-20-4-6-21(7-5-20)13-8-15(22)19(3)17-10-13/h8-10H,4-7,11H2,1-3H3. The number of nitrogens with zero attached hydrogens (tertiary/aromatic N) is 6. The second kappa shape index (κ2) is 5.92. The second-order valence-electron chi connectivity index (χ2n) is 5.79. The Labute approximate surface area is 129 Å². The molecule has 0 aromatic carbocycles. The topological polar surface area (TPSA) is 59.2 Å². The van der Waals surface area contributed by atoms with Gasteiger partial charge in [0.25, 0.3) is 5.56 Å². The average molecular weight is 302 g/mol. The maximum absolute atomic E-state index is 11.7. The molecule has 0 N–H and O–H groups in total. The van der Waals surface area contributed by atoms with Crippen LogP contribution >= 0.6 is 0 Å². The molecular weight excluding hydrogens is 280 g/mol. The highest BCUT2D eigenvalue weighted by Gasteiger charge is 2.19. The van der Waals surface area contributed by atoms with E-state index >= 15 is 0 Å². The number of hydrogen-bond donors (Lipinski definition) is 0. The Balaban J connectivity index is 1.61. The molecule has 0 unspecified atom stereocenters. The monoisotopic (exact) mass is 302 g/mol. The van der Waals surface area contributed by atoms with Crippen molar-refractivity contribution in [3.05, 3.63) is 40.3 Å². The lowest BCUT2D eigenvalue weighted by Gasteiger charge is -2.35. The van der Waals surface area contributed by atoms with Gasteiger partial charge >= 0.3 is 0 Å². The van der Waals surface area contributed by atoms with Crippen molar-refractivity contribution in [2.75, 3.05) is 31.1 Å². The Bertz CT molecular complexity index is 711. The maximum Gasteiger partial charge on any atom is 0.268 e. The minimum atomic E-state index is -0.0645. The van der Waals surface area contributed by atoms with Crippen LogP contribution in [0.5, 0.6) is 0 Å². The van der Waals surface area contributed by atoms with Crippen molar-refractivity contribution in [2.45, 2.75) is 13.5 Å². The van der Waals surface area contributed by atoms with Gasteiger partial charge < -0.3 is 9.47 Å². The Morgan fingerprint density at radius 1 is 1.14 bits per heavy atom. The van der Waals surface area contributed by atoms with Gasteiger partial charge in [-0.1, -0.05) is 0 Å². The van der Waals surface area contributed by atoms with Gasteiger partial charge in [0.1, 0.15) is 5.82 Å². The Kier molecular flexibility index (Phi) is 3.98. The van der Waals surface area contributed by atoms with Gasteiger partial charge in [0.15, 0.2) is 0 Å². The smallest absolute Gasteiger partial charge is 0.268 e. The lowest BCUT2D eigenvalue weighted by Crippen LogP contribution is -2.46. The number of piperazine rings is 1. The Hall–Kier alpha value is -2.15. The second-order valence-corrected chi connectivity index (χ2v) is 5.79. The summed E-state index contributed by atoms with van der Waals surface area (Å²) >= 11 is 0.